The second-order valence-electron chi connectivity index (χ2n) is 6.89. The molecule has 1 atom stereocenters. The molecule has 0 aliphatic heterocycles. The first-order valence-electron chi connectivity index (χ1n) is 9.19. The largest absolute Gasteiger partial charge is 0.254 e. The number of fused-ring (bicyclic) bond motifs is 2. The van der Waals surface area contributed by atoms with Crippen LogP contribution in [-0.4, -0.2) is 30.8 Å². The molecule has 0 spiro atoms. The molecule has 0 aliphatic carbocycles. The van der Waals surface area contributed by atoms with Gasteiger partial charge in [0.25, 0.3) is 0 Å². The van der Waals surface area contributed by atoms with Gasteiger partial charge in [-0.3, -0.25) is 4.21 Å². The molecule has 0 amide bonds. The number of hydrogen-bond donors (Lipinski definition) is 0. The molecule has 146 valence electrons. The summed E-state index contributed by atoms with van der Waals surface area (Å²) < 4.78 is 16.2. The smallest absolute Gasteiger partial charge is 0.146 e. The van der Waals surface area contributed by atoms with Gasteiger partial charge in [-0.1, -0.05) is 6.92 Å². The van der Waals surface area contributed by atoms with Crippen LogP contribution in [0.4, 0.5) is 0 Å². The minimum Gasteiger partial charge on any atom is -0.254 e. The predicted octanol–water partition coefficient (Wildman–Crippen LogP) is 5.69. The van der Waals surface area contributed by atoms with E-state index in [0.717, 1.165) is 42.6 Å². The Hall–Kier alpha value is -1.70. The van der Waals surface area contributed by atoms with Crippen molar-refractivity contribution in [3.05, 3.63) is 40.6 Å². The monoisotopic (exact) mass is 429 g/mol. The van der Waals surface area contributed by atoms with Crippen molar-refractivity contribution in [2.75, 3.05) is 12.0 Å². The van der Waals surface area contributed by atoms with Gasteiger partial charge in [0, 0.05) is 16.3 Å². The molecular formula is C21H23N3OS3. The summed E-state index contributed by atoms with van der Waals surface area (Å²) in [7, 11) is -1.13. The minimum atomic E-state index is -1.13. The molecule has 7 heteroatoms. The van der Waals surface area contributed by atoms with Crippen molar-refractivity contribution in [1.29, 1.82) is 0 Å². The van der Waals surface area contributed by atoms with Crippen LogP contribution >= 0.6 is 23.1 Å². The molecule has 28 heavy (non-hydrogen) atoms. The van der Waals surface area contributed by atoms with Gasteiger partial charge >= 0.3 is 0 Å². The van der Waals surface area contributed by atoms with Gasteiger partial charge in [0.15, 0.2) is 0 Å². The van der Waals surface area contributed by atoms with Gasteiger partial charge in [0.2, 0.25) is 0 Å². The Morgan fingerprint density at radius 2 is 1.89 bits per heavy atom. The molecule has 0 saturated heterocycles. The van der Waals surface area contributed by atoms with Crippen molar-refractivity contribution in [3.8, 4) is 10.7 Å². The highest BCUT2D eigenvalue weighted by atomic mass is 32.2. The summed E-state index contributed by atoms with van der Waals surface area (Å²) in [5, 5.41) is 5.75. The minimum absolute atomic E-state index is 0.557. The summed E-state index contributed by atoms with van der Waals surface area (Å²) in [6.45, 7) is 10.4. The molecular weight excluding hydrogens is 406 g/mol. The van der Waals surface area contributed by atoms with Crippen LogP contribution in [0, 0.1) is 27.7 Å². The van der Waals surface area contributed by atoms with Gasteiger partial charge in [0.05, 0.1) is 31.4 Å². The quantitative estimate of drug-likeness (QED) is 0.391. The van der Waals surface area contributed by atoms with E-state index in [9.17, 15) is 4.21 Å². The zero-order valence-corrected chi connectivity index (χ0v) is 19.4. The Bertz CT molecular complexity index is 1250. The molecule has 0 N–H and O–H groups in total. The average Bonchev–Trinajstić information content (AvgIpc) is 3.30. The van der Waals surface area contributed by atoms with Gasteiger partial charge in [-0.2, -0.15) is 5.10 Å². The fourth-order valence-electron chi connectivity index (χ4n) is 3.50. The van der Waals surface area contributed by atoms with Crippen LogP contribution in [0.5, 0.6) is 0 Å². The average molecular weight is 430 g/mol. The van der Waals surface area contributed by atoms with Gasteiger partial charge < -0.3 is 0 Å². The van der Waals surface area contributed by atoms with Gasteiger partial charge in [-0.25, -0.2) is 9.50 Å². The first-order valence-corrected chi connectivity index (χ1v) is 12.6. The van der Waals surface area contributed by atoms with E-state index in [2.05, 4.69) is 52.1 Å². The maximum Gasteiger partial charge on any atom is 0.146 e. The second-order valence-corrected chi connectivity index (χ2v) is 10.5. The van der Waals surface area contributed by atoms with E-state index < -0.39 is 10.8 Å². The molecule has 3 aromatic heterocycles. The molecule has 4 nitrogen and oxygen atoms in total. The fraction of sp³-hybridized carbons (Fsp3) is 0.333. The van der Waals surface area contributed by atoms with Crippen molar-refractivity contribution >= 4 is 49.6 Å². The van der Waals surface area contributed by atoms with Crippen molar-refractivity contribution in [2.45, 2.75) is 44.4 Å². The molecule has 4 rings (SSSR count). The first-order chi connectivity index (χ1) is 13.4. The Kier molecular flexibility index (Phi) is 5.10. The van der Waals surface area contributed by atoms with E-state index in [4.69, 9.17) is 10.1 Å². The second kappa shape index (κ2) is 7.28. The van der Waals surface area contributed by atoms with Crippen LogP contribution < -0.4 is 0 Å². The highest BCUT2D eigenvalue weighted by Crippen LogP contribution is 2.38. The van der Waals surface area contributed by atoms with E-state index in [-0.39, 0.29) is 0 Å². The summed E-state index contributed by atoms with van der Waals surface area (Å²) in [6.07, 6.45) is 2.06. The lowest BCUT2D eigenvalue weighted by atomic mass is 10.0. The van der Waals surface area contributed by atoms with Crippen molar-refractivity contribution in [3.63, 3.8) is 0 Å². The molecule has 0 fully saturated rings. The summed E-state index contributed by atoms with van der Waals surface area (Å²) >= 11 is 3.32. The Morgan fingerprint density at radius 3 is 2.57 bits per heavy atom. The lowest BCUT2D eigenvalue weighted by Crippen LogP contribution is -2.03. The number of nitrogens with zero attached hydrogens (tertiary/aromatic N) is 3. The van der Waals surface area contributed by atoms with Crippen LogP contribution in [-0.2, 0) is 10.8 Å². The number of benzene rings is 1. The van der Waals surface area contributed by atoms with Crippen LogP contribution in [0.3, 0.4) is 0 Å². The molecule has 0 radical (unpaired) electrons. The third-order valence-electron chi connectivity index (χ3n) is 5.47. The fourth-order valence-corrected chi connectivity index (χ4v) is 6.03. The van der Waals surface area contributed by atoms with Crippen LogP contribution in [0.1, 0.15) is 29.3 Å². The summed E-state index contributed by atoms with van der Waals surface area (Å²) in [4.78, 5) is 6.87. The maximum absolute atomic E-state index is 13.1. The van der Waals surface area contributed by atoms with Gasteiger partial charge in [0.1, 0.15) is 10.7 Å². The van der Waals surface area contributed by atoms with E-state index in [1.54, 1.807) is 23.1 Å². The van der Waals surface area contributed by atoms with Gasteiger partial charge in [-0.05, 0) is 68.8 Å². The molecule has 0 saturated carbocycles. The molecule has 0 aliphatic rings. The Morgan fingerprint density at radius 1 is 1.14 bits per heavy atom. The van der Waals surface area contributed by atoms with Crippen LogP contribution in [0.25, 0.3) is 26.4 Å². The molecule has 1 unspecified atom stereocenters. The number of aryl methyl sites for hydroxylation is 2. The standard InChI is InChI=1S/C21H23N3OS3/c1-7-28(25)20-18(21-22-16-10-15(26-6)8-9-17(16)27-21)23-24-14(5)12(3)11(2)13(4)19(20)24/h8-10H,7H2,1-6H3. The van der Waals surface area contributed by atoms with E-state index in [1.165, 1.54) is 16.0 Å². The zero-order valence-electron chi connectivity index (χ0n) is 16.9. The van der Waals surface area contributed by atoms with Crippen molar-refractivity contribution < 1.29 is 4.21 Å². The number of thiazole rings is 1. The number of rotatable bonds is 4. The van der Waals surface area contributed by atoms with E-state index in [0.29, 0.717) is 5.75 Å². The van der Waals surface area contributed by atoms with Gasteiger partial charge in [-0.15, -0.1) is 23.1 Å². The predicted molar refractivity (Wildman–Crippen MR) is 121 cm³/mol. The van der Waals surface area contributed by atoms with E-state index in [1.807, 2.05) is 11.4 Å². The zero-order chi connectivity index (χ0) is 20.2. The topological polar surface area (TPSA) is 47.3 Å². The van der Waals surface area contributed by atoms with Crippen molar-refractivity contribution in [2.24, 2.45) is 0 Å². The molecule has 3 heterocycles. The number of hydrogen-bond acceptors (Lipinski definition) is 5. The van der Waals surface area contributed by atoms with Crippen LogP contribution in [0.2, 0.25) is 0 Å². The number of pyridine rings is 1. The molecule has 4 aromatic rings. The van der Waals surface area contributed by atoms with E-state index >= 15 is 0 Å². The highest BCUT2D eigenvalue weighted by molar-refractivity contribution is 7.98. The highest BCUT2D eigenvalue weighted by Gasteiger charge is 2.25. The lowest BCUT2D eigenvalue weighted by molar-refractivity contribution is 0.684. The molecule has 1 aromatic carbocycles. The summed E-state index contributed by atoms with van der Waals surface area (Å²) in [5.41, 5.74) is 7.39. The normalized spacial score (nSPS) is 12.9. The third kappa shape index (κ3) is 2.91. The lowest BCUT2D eigenvalue weighted by Gasteiger charge is -2.12. The van der Waals surface area contributed by atoms with Crippen molar-refractivity contribution in [1.82, 2.24) is 14.6 Å². The Labute approximate surface area is 175 Å². The number of aromatic nitrogens is 3. The Balaban J connectivity index is 2.08. The maximum atomic E-state index is 13.1. The molecule has 0 bridgehead atoms. The van der Waals surface area contributed by atoms with Crippen LogP contribution in [0.15, 0.2) is 28.0 Å². The number of thioether (sulfide) groups is 1. The summed E-state index contributed by atoms with van der Waals surface area (Å²) in [6, 6.07) is 6.33. The SMILES string of the molecule is CCS(=O)c1c(-c2nc3cc(SC)ccc3s2)nn2c(C)c(C)c(C)c(C)c12. The first kappa shape index (κ1) is 19.6. The third-order valence-corrected chi connectivity index (χ3v) is 8.60. The summed E-state index contributed by atoms with van der Waals surface area (Å²) in [5.74, 6) is 0.557.